The Bertz CT molecular complexity index is 350. The van der Waals surface area contributed by atoms with Crippen molar-refractivity contribution in [3.63, 3.8) is 0 Å². The van der Waals surface area contributed by atoms with Gasteiger partial charge < -0.3 is 4.74 Å². The Hall–Kier alpha value is -0.100. The number of hydrogen-bond donors (Lipinski definition) is 0. The Kier molecular flexibility index (Phi) is 4.02. The highest BCUT2D eigenvalue weighted by Gasteiger charge is 2.17. The number of aromatic nitrogens is 1. The average Bonchev–Trinajstić information content (AvgIpc) is 2.83. The van der Waals surface area contributed by atoms with E-state index in [1.165, 1.54) is 11.3 Å². The Balaban J connectivity index is 1.89. The molecule has 0 N–H and O–H groups in total. The Morgan fingerprint density at radius 2 is 2.60 bits per heavy atom. The fraction of sp³-hybridized carbons (Fsp3) is 0.556. The highest BCUT2D eigenvalue weighted by Crippen LogP contribution is 2.30. The summed E-state index contributed by atoms with van der Waals surface area (Å²) in [6.45, 7) is 0.865. The van der Waals surface area contributed by atoms with Crippen molar-refractivity contribution in [2.45, 2.75) is 23.3 Å². The van der Waals surface area contributed by atoms with Gasteiger partial charge in [0.15, 0.2) is 15.8 Å². The van der Waals surface area contributed by atoms with Crippen molar-refractivity contribution >= 4 is 41.0 Å². The lowest BCUT2D eigenvalue weighted by molar-refractivity contribution is 0.112. The van der Waals surface area contributed by atoms with E-state index >= 15 is 0 Å². The maximum absolute atomic E-state index is 10.6. The van der Waals surface area contributed by atoms with Crippen LogP contribution >= 0.6 is 34.7 Å². The first-order chi connectivity index (χ1) is 7.29. The van der Waals surface area contributed by atoms with Gasteiger partial charge in [-0.2, -0.15) is 0 Å². The van der Waals surface area contributed by atoms with Gasteiger partial charge in [-0.3, -0.25) is 4.79 Å². The number of carbonyl (C=O) groups excluding carboxylic acids is 1. The second-order valence-electron chi connectivity index (χ2n) is 3.20. The standard InChI is InChI=1S/C9H10ClNO2S2/c10-8-7(4-12)15-9(11-8)14-5-6-2-1-3-13-6/h4,6H,1-3,5H2. The Morgan fingerprint density at radius 1 is 1.73 bits per heavy atom. The van der Waals surface area contributed by atoms with Crippen LogP contribution in [-0.4, -0.2) is 29.7 Å². The van der Waals surface area contributed by atoms with Crippen LogP contribution in [0, 0.1) is 0 Å². The minimum atomic E-state index is 0.310. The number of rotatable bonds is 4. The summed E-state index contributed by atoms with van der Waals surface area (Å²) in [5, 5.41) is 0.310. The molecule has 6 heteroatoms. The van der Waals surface area contributed by atoms with Crippen LogP contribution in [0.2, 0.25) is 5.15 Å². The highest BCUT2D eigenvalue weighted by molar-refractivity contribution is 8.01. The van der Waals surface area contributed by atoms with Crippen LogP contribution in [0.4, 0.5) is 0 Å². The first kappa shape index (κ1) is 11.4. The van der Waals surface area contributed by atoms with Crippen LogP contribution in [0.3, 0.4) is 0 Å². The molecule has 82 valence electrons. The third-order valence-corrected chi connectivity index (χ3v) is 4.77. The fourth-order valence-electron chi connectivity index (χ4n) is 1.37. The molecular weight excluding hydrogens is 254 g/mol. The van der Waals surface area contributed by atoms with Gasteiger partial charge in [0.2, 0.25) is 0 Å². The SMILES string of the molecule is O=Cc1sc(SCC2CCCO2)nc1Cl. The largest absolute Gasteiger partial charge is 0.377 e. The minimum Gasteiger partial charge on any atom is -0.377 e. The molecule has 0 radical (unpaired) electrons. The molecule has 1 saturated heterocycles. The molecule has 15 heavy (non-hydrogen) atoms. The molecule has 1 aromatic heterocycles. The lowest BCUT2D eigenvalue weighted by Gasteiger charge is -2.05. The Labute approximate surface area is 101 Å². The summed E-state index contributed by atoms with van der Waals surface area (Å²) < 4.78 is 6.34. The second-order valence-corrected chi connectivity index (χ2v) is 5.85. The van der Waals surface area contributed by atoms with Gasteiger partial charge in [0.25, 0.3) is 0 Å². The molecule has 2 rings (SSSR count). The second kappa shape index (κ2) is 5.30. The summed E-state index contributed by atoms with van der Waals surface area (Å²) in [4.78, 5) is 15.2. The molecule has 3 nitrogen and oxygen atoms in total. The molecule has 1 aliphatic heterocycles. The molecule has 0 bridgehead atoms. The number of carbonyl (C=O) groups is 1. The molecule has 0 amide bonds. The van der Waals surface area contributed by atoms with E-state index in [-0.39, 0.29) is 0 Å². The number of ether oxygens (including phenoxy) is 1. The zero-order valence-electron chi connectivity index (χ0n) is 7.94. The van der Waals surface area contributed by atoms with Gasteiger partial charge in [-0.05, 0) is 12.8 Å². The number of thiazole rings is 1. The van der Waals surface area contributed by atoms with E-state index in [1.54, 1.807) is 11.8 Å². The predicted molar refractivity (Wildman–Crippen MR) is 62.2 cm³/mol. The Morgan fingerprint density at radius 3 is 3.20 bits per heavy atom. The molecule has 1 fully saturated rings. The molecule has 0 aromatic carbocycles. The van der Waals surface area contributed by atoms with Gasteiger partial charge in [0.1, 0.15) is 4.88 Å². The van der Waals surface area contributed by atoms with Gasteiger partial charge in [-0.25, -0.2) is 4.98 Å². The van der Waals surface area contributed by atoms with Crippen LogP contribution < -0.4 is 0 Å². The fourth-order valence-corrected chi connectivity index (χ4v) is 3.67. The number of aldehydes is 1. The van der Waals surface area contributed by atoms with Crippen molar-refractivity contribution in [2.75, 3.05) is 12.4 Å². The van der Waals surface area contributed by atoms with E-state index in [9.17, 15) is 4.79 Å². The molecule has 1 atom stereocenters. The normalized spacial score (nSPS) is 20.7. The first-order valence-corrected chi connectivity index (χ1v) is 6.83. The quantitative estimate of drug-likeness (QED) is 0.619. The van der Waals surface area contributed by atoms with Crippen molar-refractivity contribution in [3.8, 4) is 0 Å². The van der Waals surface area contributed by atoms with Gasteiger partial charge in [0.05, 0.1) is 6.10 Å². The number of halogens is 1. The molecule has 0 saturated carbocycles. The summed E-state index contributed by atoms with van der Waals surface area (Å²) in [6, 6.07) is 0. The van der Waals surface area contributed by atoms with Crippen molar-refractivity contribution in [3.05, 3.63) is 10.0 Å². The summed E-state index contributed by atoms with van der Waals surface area (Å²) in [5.41, 5.74) is 0. The lowest BCUT2D eigenvalue weighted by Crippen LogP contribution is -2.07. The van der Waals surface area contributed by atoms with E-state index < -0.39 is 0 Å². The molecule has 0 aliphatic carbocycles. The van der Waals surface area contributed by atoms with E-state index in [0.29, 0.717) is 16.1 Å². The van der Waals surface area contributed by atoms with E-state index in [2.05, 4.69) is 4.98 Å². The zero-order chi connectivity index (χ0) is 10.7. The van der Waals surface area contributed by atoms with Crippen LogP contribution in [0.25, 0.3) is 0 Å². The third kappa shape index (κ3) is 2.93. The van der Waals surface area contributed by atoms with E-state index in [1.807, 2.05) is 0 Å². The monoisotopic (exact) mass is 263 g/mol. The lowest BCUT2D eigenvalue weighted by atomic mass is 10.3. The van der Waals surface area contributed by atoms with Crippen LogP contribution in [0.5, 0.6) is 0 Å². The molecule has 1 aliphatic rings. The third-order valence-electron chi connectivity index (χ3n) is 2.11. The number of hydrogen-bond acceptors (Lipinski definition) is 5. The topological polar surface area (TPSA) is 39.2 Å². The van der Waals surface area contributed by atoms with Gasteiger partial charge in [-0.1, -0.05) is 23.4 Å². The van der Waals surface area contributed by atoms with E-state index in [4.69, 9.17) is 16.3 Å². The van der Waals surface area contributed by atoms with Crippen molar-refractivity contribution in [1.82, 2.24) is 4.98 Å². The van der Waals surface area contributed by atoms with Gasteiger partial charge >= 0.3 is 0 Å². The first-order valence-electron chi connectivity index (χ1n) is 4.65. The summed E-state index contributed by atoms with van der Waals surface area (Å²) in [6.07, 6.45) is 3.34. The minimum absolute atomic E-state index is 0.310. The molecule has 1 aromatic rings. The highest BCUT2D eigenvalue weighted by atomic mass is 35.5. The summed E-state index contributed by atoms with van der Waals surface area (Å²) in [7, 11) is 0. The van der Waals surface area contributed by atoms with Crippen LogP contribution in [-0.2, 0) is 4.74 Å². The summed E-state index contributed by atoms with van der Waals surface area (Å²) >= 11 is 8.71. The average molecular weight is 264 g/mol. The number of nitrogens with zero attached hydrogens (tertiary/aromatic N) is 1. The molecular formula is C9H10ClNO2S2. The molecule has 2 heterocycles. The molecule has 1 unspecified atom stereocenters. The maximum Gasteiger partial charge on any atom is 0.163 e. The maximum atomic E-state index is 10.6. The predicted octanol–water partition coefficient (Wildman–Crippen LogP) is 2.88. The number of thioether (sulfide) groups is 1. The van der Waals surface area contributed by atoms with Gasteiger partial charge in [-0.15, -0.1) is 11.3 Å². The van der Waals surface area contributed by atoms with E-state index in [0.717, 1.165) is 35.8 Å². The van der Waals surface area contributed by atoms with Crippen molar-refractivity contribution < 1.29 is 9.53 Å². The smallest absolute Gasteiger partial charge is 0.163 e. The summed E-state index contributed by atoms with van der Waals surface area (Å²) in [5.74, 6) is 0.891. The van der Waals surface area contributed by atoms with Crippen LogP contribution in [0.1, 0.15) is 22.5 Å². The zero-order valence-corrected chi connectivity index (χ0v) is 10.3. The van der Waals surface area contributed by atoms with Crippen LogP contribution in [0.15, 0.2) is 4.34 Å². The van der Waals surface area contributed by atoms with Crippen molar-refractivity contribution in [2.24, 2.45) is 0 Å². The molecule has 0 spiro atoms. The van der Waals surface area contributed by atoms with Crippen molar-refractivity contribution in [1.29, 1.82) is 0 Å². The van der Waals surface area contributed by atoms with Gasteiger partial charge in [0, 0.05) is 12.4 Å².